The molecule has 1 amide bonds. The van der Waals surface area contributed by atoms with E-state index in [2.05, 4.69) is 57.2 Å². The lowest BCUT2D eigenvalue weighted by molar-refractivity contribution is -0.119. The second-order valence-corrected chi connectivity index (χ2v) is 9.65. The summed E-state index contributed by atoms with van der Waals surface area (Å²) in [5.74, 6) is 0.293. The smallest absolute Gasteiger partial charge is 0.230 e. The van der Waals surface area contributed by atoms with Crippen LogP contribution in [0.2, 0.25) is 0 Å². The molecule has 2 atom stereocenters. The molecule has 2 heterocycles. The molecule has 2 aromatic carbocycles. The van der Waals surface area contributed by atoms with E-state index in [-0.39, 0.29) is 18.1 Å². The molecule has 1 saturated heterocycles. The number of benzene rings is 2. The summed E-state index contributed by atoms with van der Waals surface area (Å²) < 4.78 is 6.38. The first-order valence-electron chi connectivity index (χ1n) is 10.4. The highest BCUT2D eigenvalue weighted by molar-refractivity contribution is 8.01. The first kappa shape index (κ1) is 21.8. The molecule has 0 saturated carbocycles. The molecule has 1 aromatic heterocycles. The van der Waals surface area contributed by atoms with Crippen LogP contribution in [0.5, 0.6) is 0 Å². The molecule has 0 bridgehead atoms. The zero-order valence-electron chi connectivity index (χ0n) is 17.4. The number of anilines is 1. The van der Waals surface area contributed by atoms with Crippen LogP contribution in [0.15, 0.2) is 58.9 Å². The number of hydrogen-bond acceptors (Lipinski definition) is 7. The predicted molar refractivity (Wildman–Crippen MR) is 127 cm³/mol. The minimum atomic E-state index is -0.0593. The quantitative estimate of drug-likeness (QED) is 0.454. The lowest BCUT2D eigenvalue weighted by Crippen LogP contribution is -2.28. The van der Waals surface area contributed by atoms with E-state index in [4.69, 9.17) is 4.74 Å². The molecule has 0 aliphatic carbocycles. The minimum Gasteiger partial charge on any atom is -0.376 e. The zero-order chi connectivity index (χ0) is 21.5. The van der Waals surface area contributed by atoms with Gasteiger partial charge in [0.05, 0.1) is 17.9 Å². The molecular formula is C23H26N4O2S2. The molecule has 1 aliphatic rings. The van der Waals surface area contributed by atoms with Crippen LogP contribution in [0.25, 0.3) is 11.1 Å². The molecule has 1 aliphatic heterocycles. The van der Waals surface area contributed by atoms with Gasteiger partial charge in [0.25, 0.3) is 0 Å². The van der Waals surface area contributed by atoms with Crippen LogP contribution < -0.4 is 10.6 Å². The van der Waals surface area contributed by atoms with Gasteiger partial charge in [0, 0.05) is 13.2 Å². The summed E-state index contributed by atoms with van der Waals surface area (Å²) in [5.41, 5.74) is 3.43. The topological polar surface area (TPSA) is 76.1 Å². The van der Waals surface area contributed by atoms with E-state index in [0.29, 0.717) is 5.75 Å². The van der Waals surface area contributed by atoms with Gasteiger partial charge < -0.3 is 15.4 Å². The van der Waals surface area contributed by atoms with Gasteiger partial charge in [-0.3, -0.25) is 4.79 Å². The van der Waals surface area contributed by atoms with Gasteiger partial charge in [0.15, 0.2) is 4.34 Å². The molecule has 4 rings (SSSR count). The van der Waals surface area contributed by atoms with Crippen molar-refractivity contribution in [2.75, 3.05) is 24.2 Å². The molecule has 162 valence electrons. The second-order valence-electron chi connectivity index (χ2n) is 7.45. The number of carbonyl (C=O) groups excluding carboxylic acids is 1. The summed E-state index contributed by atoms with van der Waals surface area (Å²) in [6.07, 6.45) is 2.46. The highest BCUT2D eigenvalue weighted by Crippen LogP contribution is 2.26. The molecule has 2 N–H and O–H groups in total. The highest BCUT2D eigenvalue weighted by Gasteiger charge is 2.16. The van der Waals surface area contributed by atoms with Crippen LogP contribution in [0.1, 0.15) is 31.4 Å². The minimum absolute atomic E-state index is 0.0197. The number of nitrogens with one attached hydrogen (secondary N) is 2. The number of thioether (sulfide) groups is 1. The Kier molecular flexibility index (Phi) is 7.56. The van der Waals surface area contributed by atoms with E-state index < -0.39 is 0 Å². The molecule has 3 aromatic rings. The van der Waals surface area contributed by atoms with Gasteiger partial charge in [-0.2, -0.15) is 0 Å². The fourth-order valence-corrected chi connectivity index (χ4v) is 5.00. The van der Waals surface area contributed by atoms with Crippen LogP contribution in [0, 0.1) is 0 Å². The summed E-state index contributed by atoms with van der Waals surface area (Å²) in [5, 5.41) is 15.4. The lowest BCUT2D eigenvalue weighted by atomic mass is 10.0. The largest absolute Gasteiger partial charge is 0.376 e. The molecule has 1 fully saturated rings. The summed E-state index contributed by atoms with van der Waals surface area (Å²) in [6, 6.07) is 18.5. The standard InChI is InChI=1S/C23H26N4O2S2/c1-16(17-9-11-19(12-10-17)18-6-3-2-4-7-18)25-21(28)15-30-23-27-26-22(31-23)24-14-20-8-5-13-29-20/h2-4,6-7,9-12,16,20H,5,8,13-15H2,1H3,(H,24,26)(H,25,28)/t16-,20-/m0/s1. The third kappa shape index (κ3) is 6.29. The van der Waals surface area contributed by atoms with Gasteiger partial charge >= 0.3 is 0 Å². The summed E-state index contributed by atoms with van der Waals surface area (Å²) in [7, 11) is 0. The summed E-state index contributed by atoms with van der Waals surface area (Å²) in [4.78, 5) is 12.4. The van der Waals surface area contributed by atoms with E-state index in [1.165, 1.54) is 34.2 Å². The van der Waals surface area contributed by atoms with Crippen molar-refractivity contribution in [1.82, 2.24) is 15.5 Å². The Balaban J connectivity index is 1.22. The van der Waals surface area contributed by atoms with Crippen LogP contribution >= 0.6 is 23.1 Å². The Morgan fingerprint density at radius 3 is 2.68 bits per heavy atom. The van der Waals surface area contributed by atoms with Crippen molar-refractivity contribution in [3.63, 3.8) is 0 Å². The van der Waals surface area contributed by atoms with Crippen molar-refractivity contribution >= 4 is 34.1 Å². The lowest BCUT2D eigenvalue weighted by Gasteiger charge is -2.14. The van der Waals surface area contributed by atoms with Crippen LogP contribution in [-0.2, 0) is 9.53 Å². The van der Waals surface area contributed by atoms with Crippen molar-refractivity contribution in [2.45, 2.75) is 36.3 Å². The predicted octanol–water partition coefficient (Wildman–Crippen LogP) is 4.77. The number of nitrogens with zero attached hydrogens (tertiary/aromatic N) is 2. The average molecular weight is 455 g/mol. The van der Waals surface area contributed by atoms with Gasteiger partial charge in [-0.05, 0) is 36.5 Å². The molecular weight excluding hydrogens is 428 g/mol. The third-order valence-electron chi connectivity index (χ3n) is 5.13. The summed E-state index contributed by atoms with van der Waals surface area (Å²) in [6.45, 7) is 3.59. The highest BCUT2D eigenvalue weighted by atomic mass is 32.2. The zero-order valence-corrected chi connectivity index (χ0v) is 19.0. The Morgan fingerprint density at radius 2 is 1.94 bits per heavy atom. The van der Waals surface area contributed by atoms with E-state index in [1.54, 1.807) is 0 Å². The number of rotatable bonds is 9. The number of ether oxygens (including phenoxy) is 1. The fourth-order valence-electron chi connectivity index (χ4n) is 3.43. The van der Waals surface area contributed by atoms with Crippen LogP contribution in [-0.4, -0.2) is 41.1 Å². The molecule has 8 heteroatoms. The SMILES string of the molecule is C[C@H](NC(=O)CSc1nnc(NC[C@@H]2CCCO2)s1)c1ccc(-c2ccccc2)cc1. The van der Waals surface area contributed by atoms with Gasteiger partial charge in [0.2, 0.25) is 11.0 Å². The van der Waals surface area contributed by atoms with Crippen molar-refractivity contribution in [3.05, 3.63) is 60.2 Å². The second kappa shape index (κ2) is 10.7. The Morgan fingerprint density at radius 1 is 1.16 bits per heavy atom. The van der Waals surface area contributed by atoms with E-state index in [9.17, 15) is 4.79 Å². The summed E-state index contributed by atoms with van der Waals surface area (Å²) >= 11 is 2.87. The van der Waals surface area contributed by atoms with Crippen LogP contribution in [0.4, 0.5) is 5.13 Å². The Bertz CT molecular complexity index is 973. The maximum atomic E-state index is 12.4. The number of aromatic nitrogens is 2. The first-order valence-corrected chi connectivity index (χ1v) is 12.2. The van der Waals surface area contributed by atoms with Crippen molar-refractivity contribution < 1.29 is 9.53 Å². The normalized spacial score (nSPS) is 16.7. The Labute approximate surface area is 190 Å². The Hall–Kier alpha value is -2.42. The maximum Gasteiger partial charge on any atom is 0.230 e. The van der Waals surface area contributed by atoms with Gasteiger partial charge in [0.1, 0.15) is 0 Å². The van der Waals surface area contributed by atoms with Gasteiger partial charge in [-0.15, -0.1) is 10.2 Å². The van der Waals surface area contributed by atoms with E-state index >= 15 is 0 Å². The van der Waals surface area contributed by atoms with Gasteiger partial charge in [-0.25, -0.2) is 0 Å². The number of carbonyl (C=O) groups is 1. The van der Waals surface area contributed by atoms with E-state index in [1.807, 2.05) is 25.1 Å². The van der Waals surface area contributed by atoms with Crippen molar-refractivity contribution in [3.8, 4) is 11.1 Å². The van der Waals surface area contributed by atoms with Crippen molar-refractivity contribution in [1.29, 1.82) is 0 Å². The molecule has 0 unspecified atom stereocenters. The fraction of sp³-hybridized carbons (Fsp3) is 0.348. The average Bonchev–Trinajstić information content (AvgIpc) is 3.49. The third-order valence-corrected chi connectivity index (χ3v) is 7.15. The maximum absolute atomic E-state index is 12.4. The monoisotopic (exact) mass is 454 g/mol. The molecule has 0 radical (unpaired) electrons. The molecule has 0 spiro atoms. The first-order chi connectivity index (χ1) is 15.2. The van der Waals surface area contributed by atoms with Gasteiger partial charge in [-0.1, -0.05) is 77.7 Å². The van der Waals surface area contributed by atoms with E-state index in [0.717, 1.165) is 41.0 Å². The van der Waals surface area contributed by atoms with Crippen LogP contribution in [0.3, 0.4) is 0 Å². The molecule has 6 nitrogen and oxygen atoms in total. The van der Waals surface area contributed by atoms with Crippen molar-refractivity contribution in [2.24, 2.45) is 0 Å². The number of hydrogen-bond donors (Lipinski definition) is 2. The molecule has 31 heavy (non-hydrogen) atoms. The number of amides is 1.